The molecule has 0 bridgehead atoms. The summed E-state index contributed by atoms with van der Waals surface area (Å²) < 4.78 is 0. The highest BCUT2D eigenvalue weighted by molar-refractivity contribution is 6.05. The van der Waals surface area contributed by atoms with Crippen molar-refractivity contribution in [2.45, 2.75) is 33.2 Å². The Kier molecular flexibility index (Phi) is 5.91. The molecule has 142 valence electrons. The first-order chi connectivity index (χ1) is 13.0. The molecule has 2 aromatic rings. The van der Waals surface area contributed by atoms with Gasteiger partial charge in [0.1, 0.15) is 0 Å². The van der Waals surface area contributed by atoms with Crippen LogP contribution in [0.25, 0.3) is 0 Å². The summed E-state index contributed by atoms with van der Waals surface area (Å²) >= 11 is 0. The van der Waals surface area contributed by atoms with Gasteiger partial charge in [-0.25, -0.2) is 0 Å². The Hall–Kier alpha value is -2.66. The van der Waals surface area contributed by atoms with E-state index in [9.17, 15) is 9.59 Å². The zero-order valence-electron chi connectivity index (χ0n) is 16.0. The monoisotopic (exact) mass is 365 g/mol. The number of nitrogens with two attached hydrogens (primary N) is 1. The van der Waals surface area contributed by atoms with Crippen molar-refractivity contribution >= 4 is 17.5 Å². The molecule has 1 fully saturated rings. The molecule has 27 heavy (non-hydrogen) atoms. The van der Waals surface area contributed by atoms with Gasteiger partial charge >= 0.3 is 0 Å². The van der Waals surface area contributed by atoms with E-state index < -0.39 is 0 Å². The van der Waals surface area contributed by atoms with Crippen molar-refractivity contribution in [3.8, 4) is 0 Å². The number of nitrogens with one attached hydrogen (secondary N) is 1. The van der Waals surface area contributed by atoms with Crippen molar-refractivity contribution in [1.29, 1.82) is 0 Å². The molecule has 1 saturated heterocycles. The van der Waals surface area contributed by atoms with Gasteiger partial charge in [-0.1, -0.05) is 19.1 Å². The largest absolute Gasteiger partial charge is 0.339 e. The van der Waals surface area contributed by atoms with Crippen molar-refractivity contribution in [2.24, 2.45) is 11.7 Å². The molecule has 0 spiro atoms. The van der Waals surface area contributed by atoms with Crippen LogP contribution in [0.5, 0.6) is 0 Å². The second kappa shape index (κ2) is 8.35. The fraction of sp³-hybridized carbons (Fsp3) is 0.364. The number of carbonyl (C=O) groups is 2. The van der Waals surface area contributed by atoms with Crippen LogP contribution in [0.2, 0.25) is 0 Å². The van der Waals surface area contributed by atoms with E-state index in [-0.39, 0.29) is 11.8 Å². The van der Waals surface area contributed by atoms with E-state index in [0.717, 1.165) is 37.1 Å². The molecule has 2 aromatic carbocycles. The minimum Gasteiger partial charge on any atom is -0.339 e. The van der Waals surface area contributed by atoms with Crippen LogP contribution >= 0.6 is 0 Å². The van der Waals surface area contributed by atoms with Gasteiger partial charge in [0.15, 0.2) is 0 Å². The summed E-state index contributed by atoms with van der Waals surface area (Å²) in [6.07, 6.45) is 2.11. The van der Waals surface area contributed by atoms with Crippen LogP contribution in [0, 0.1) is 12.8 Å². The molecule has 0 saturated carbocycles. The molecule has 3 N–H and O–H groups in total. The van der Waals surface area contributed by atoms with Crippen LogP contribution in [0.4, 0.5) is 5.69 Å². The lowest BCUT2D eigenvalue weighted by Crippen LogP contribution is -2.37. The molecule has 0 aromatic heterocycles. The van der Waals surface area contributed by atoms with Gasteiger partial charge < -0.3 is 16.0 Å². The van der Waals surface area contributed by atoms with Gasteiger partial charge in [-0.2, -0.15) is 0 Å². The van der Waals surface area contributed by atoms with Crippen molar-refractivity contribution in [1.82, 2.24) is 4.90 Å². The van der Waals surface area contributed by atoms with Crippen LogP contribution in [0.15, 0.2) is 42.5 Å². The van der Waals surface area contributed by atoms with Crippen LogP contribution in [-0.4, -0.2) is 29.8 Å². The van der Waals surface area contributed by atoms with Gasteiger partial charge in [-0.15, -0.1) is 0 Å². The summed E-state index contributed by atoms with van der Waals surface area (Å²) in [5.41, 5.74) is 9.41. The van der Waals surface area contributed by atoms with Crippen LogP contribution in [-0.2, 0) is 6.54 Å². The second-order valence-corrected chi connectivity index (χ2v) is 7.36. The first-order valence-corrected chi connectivity index (χ1v) is 9.48. The molecule has 1 aliphatic rings. The Balaban J connectivity index is 1.68. The topological polar surface area (TPSA) is 75.4 Å². The summed E-state index contributed by atoms with van der Waals surface area (Å²) in [6, 6.07) is 12.7. The first kappa shape index (κ1) is 19.1. The number of nitrogens with zero attached hydrogens (tertiary/aromatic N) is 1. The van der Waals surface area contributed by atoms with Gasteiger partial charge in [0, 0.05) is 36.4 Å². The van der Waals surface area contributed by atoms with E-state index in [1.165, 1.54) is 0 Å². The predicted molar refractivity (Wildman–Crippen MR) is 108 cm³/mol. The smallest absolute Gasteiger partial charge is 0.255 e. The normalized spacial score (nSPS) is 14.9. The highest BCUT2D eigenvalue weighted by atomic mass is 16.2. The van der Waals surface area contributed by atoms with Gasteiger partial charge in [-0.3, -0.25) is 9.59 Å². The Morgan fingerprint density at radius 1 is 1.07 bits per heavy atom. The lowest BCUT2D eigenvalue weighted by molar-refractivity contribution is 0.0697. The van der Waals surface area contributed by atoms with E-state index in [4.69, 9.17) is 5.73 Å². The standard InChI is InChI=1S/C22H27N3O2/c1-15-9-11-25(12-10-15)22(27)19-7-8-20(16(2)13-19)24-21(26)18-5-3-17(14-23)4-6-18/h3-8,13,15H,9-12,14,23H2,1-2H3,(H,24,26). The quantitative estimate of drug-likeness (QED) is 0.869. The molecule has 0 radical (unpaired) electrons. The van der Waals surface area contributed by atoms with Gasteiger partial charge in [0.2, 0.25) is 0 Å². The van der Waals surface area contributed by atoms with E-state index in [1.54, 1.807) is 24.3 Å². The van der Waals surface area contributed by atoms with E-state index in [2.05, 4.69) is 12.2 Å². The number of aryl methyl sites for hydroxylation is 1. The predicted octanol–water partition coefficient (Wildman–Crippen LogP) is 3.58. The van der Waals surface area contributed by atoms with E-state index in [0.29, 0.717) is 29.3 Å². The Morgan fingerprint density at radius 3 is 2.30 bits per heavy atom. The molecule has 0 unspecified atom stereocenters. The number of hydrogen-bond donors (Lipinski definition) is 2. The molecule has 0 atom stereocenters. The van der Waals surface area contributed by atoms with E-state index >= 15 is 0 Å². The lowest BCUT2D eigenvalue weighted by atomic mass is 9.98. The minimum absolute atomic E-state index is 0.0697. The van der Waals surface area contributed by atoms with Gasteiger partial charge in [0.25, 0.3) is 11.8 Å². The fourth-order valence-corrected chi connectivity index (χ4v) is 3.32. The van der Waals surface area contributed by atoms with Gasteiger partial charge in [-0.05, 0) is 67.1 Å². The average molecular weight is 365 g/mol. The van der Waals surface area contributed by atoms with Gasteiger partial charge in [0.05, 0.1) is 0 Å². The summed E-state index contributed by atoms with van der Waals surface area (Å²) in [6.45, 7) is 6.22. The first-order valence-electron chi connectivity index (χ1n) is 9.48. The summed E-state index contributed by atoms with van der Waals surface area (Å²) in [7, 11) is 0. The Labute approximate surface area is 160 Å². The highest BCUT2D eigenvalue weighted by Gasteiger charge is 2.21. The van der Waals surface area contributed by atoms with E-state index in [1.807, 2.05) is 30.0 Å². The fourth-order valence-electron chi connectivity index (χ4n) is 3.32. The minimum atomic E-state index is -0.175. The Morgan fingerprint density at radius 2 is 1.70 bits per heavy atom. The number of rotatable bonds is 4. The maximum atomic E-state index is 12.7. The molecular formula is C22H27N3O2. The maximum Gasteiger partial charge on any atom is 0.255 e. The third-order valence-corrected chi connectivity index (χ3v) is 5.24. The molecule has 2 amide bonds. The number of carbonyl (C=O) groups excluding carboxylic acids is 2. The molecule has 3 rings (SSSR count). The molecule has 1 heterocycles. The van der Waals surface area contributed by atoms with Crippen LogP contribution in [0.1, 0.15) is 51.6 Å². The maximum absolute atomic E-state index is 12.7. The highest BCUT2D eigenvalue weighted by Crippen LogP contribution is 2.22. The summed E-state index contributed by atoms with van der Waals surface area (Å²) in [4.78, 5) is 27.1. The van der Waals surface area contributed by atoms with Crippen LogP contribution < -0.4 is 11.1 Å². The number of amides is 2. The van der Waals surface area contributed by atoms with Crippen molar-refractivity contribution in [3.63, 3.8) is 0 Å². The van der Waals surface area contributed by atoms with Crippen molar-refractivity contribution in [2.75, 3.05) is 18.4 Å². The second-order valence-electron chi connectivity index (χ2n) is 7.36. The molecule has 0 aliphatic carbocycles. The molecular weight excluding hydrogens is 338 g/mol. The summed E-state index contributed by atoms with van der Waals surface area (Å²) in [5.74, 6) is 0.582. The number of benzene rings is 2. The zero-order valence-corrected chi connectivity index (χ0v) is 16.0. The molecule has 5 nitrogen and oxygen atoms in total. The molecule has 5 heteroatoms. The van der Waals surface area contributed by atoms with Crippen LogP contribution in [0.3, 0.4) is 0 Å². The average Bonchev–Trinajstić information content (AvgIpc) is 2.69. The number of piperidine rings is 1. The third kappa shape index (κ3) is 4.55. The van der Waals surface area contributed by atoms with Crippen molar-refractivity contribution in [3.05, 3.63) is 64.7 Å². The number of anilines is 1. The zero-order chi connectivity index (χ0) is 19.4. The van der Waals surface area contributed by atoms with Crippen molar-refractivity contribution < 1.29 is 9.59 Å². The number of likely N-dealkylation sites (tertiary alicyclic amines) is 1. The SMILES string of the molecule is Cc1cc(C(=O)N2CCC(C)CC2)ccc1NC(=O)c1ccc(CN)cc1. The third-order valence-electron chi connectivity index (χ3n) is 5.24. The Bertz CT molecular complexity index is 822. The number of hydrogen-bond acceptors (Lipinski definition) is 3. The molecule has 1 aliphatic heterocycles. The lowest BCUT2D eigenvalue weighted by Gasteiger charge is -2.30. The summed E-state index contributed by atoms with van der Waals surface area (Å²) in [5, 5.41) is 2.92.